The molecule has 0 spiro atoms. The van der Waals surface area contributed by atoms with Crippen LogP contribution in [0.2, 0.25) is 0 Å². The molecule has 6 heteroatoms. The molecule has 0 saturated heterocycles. The first-order valence-corrected chi connectivity index (χ1v) is 5.83. The summed E-state index contributed by atoms with van der Waals surface area (Å²) in [6.45, 7) is 1.98. The SMILES string of the molecule is CCCC(N)c1n[nH]c(=O)n1-c1ccccc1F. The van der Waals surface area contributed by atoms with Crippen LogP contribution in [-0.2, 0) is 0 Å². The molecule has 1 aromatic carbocycles. The topological polar surface area (TPSA) is 76.7 Å². The van der Waals surface area contributed by atoms with Gasteiger partial charge in [-0.05, 0) is 18.6 Å². The first-order chi connectivity index (χ1) is 8.65. The number of para-hydroxylation sites is 1. The Balaban J connectivity index is 2.54. The summed E-state index contributed by atoms with van der Waals surface area (Å²) >= 11 is 0. The van der Waals surface area contributed by atoms with E-state index in [-0.39, 0.29) is 5.69 Å². The van der Waals surface area contributed by atoms with Crippen molar-refractivity contribution in [2.24, 2.45) is 5.73 Å². The Morgan fingerprint density at radius 2 is 2.22 bits per heavy atom. The first-order valence-electron chi connectivity index (χ1n) is 5.83. The zero-order chi connectivity index (χ0) is 13.1. The predicted molar refractivity (Wildman–Crippen MR) is 66.0 cm³/mol. The summed E-state index contributed by atoms with van der Waals surface area (Å²) in [6.07, 6.45) is 1.54. The van der Waals surface area contributed by atoms with Crippen molar-refractivity contribution in [2.45, 2.75) is 25.8 Å². The third-order valence-electron chi connectivity index (χ3n) is 2.72. The van der Waals surface area contributed by atoms with Crippen molar-refractivity contribution >= 4 is 0 Å². The lowest BCUT2D eigenvalue weighted by Crippen LogP contribution is -2.22. The second-order valence-electron chi connectivity index (χ2n) is 4.07. The lowest BCUT2D eigenvalue weighted by atomic mass is 10.1. The number of hydrogen-bond donors (Lipinski definition) is 2. The van der Waals surface area contributed by atoms with Crippen molar-refractivity contribution in [2.75, 3.05) is 0 Å². The minimum atomic E-state index is -0.485. The van der Waals surface area contributed by atoms with Crippen LogP contribution < -0.4 is 11.4 Å². The largest absolute Gasteiger partial charge is 0.348 e. The number of nitrogens with one attached hydrogen (secondary N) is 1. The zero-order valence-corrected chi connectivity index (χ0v) is 10.1. The summed E-state index contributed by atoms with van der Waals surface area (Å²) in [7, 11) is 0. The molecule has 5 nitrogen and oxygen atoms in total. The van der Waals surface area contributed by atoms with E-state index >= 15 is 0 Å². The summed E-state index contributed by atoms with van der Waals surface area (Å²) in [6, 6.07) is 5.65. The Morgan fingerprint density at radius 3 is 2.89 bits per heavy atom. The molecular formula is C12H15FN4O. The minimum absolute atomic E-state index is 0.165. The summed E-state index contributed by atoms with van der Waals surface area (Å²) < 4.78 is 14.9. The number of halogens is 1. The number of rotatable bonds is 4. The molecule has 1 atom stereocenters. The molecule has 0 aliphatic carbocycles. The van der Waals surface area contributed by atoms with Crippen LogP contribution in [0, 0.1) is 5.82 Å². The smallest absolute Gasteiger partial charge is 0.321 e. The molecule has 0 fully saturated rings. The van der Waals surface area contributed by atoms with Gasteiger partial charge in [0.25, 0.3) is 0 Å². The Hall–Kier alpha value is -1.95. The monoisotopic (exact) mass is 250 g/mol. The van der Waals surface area contributed by atoms with Crippen LogP contribution in [-0.4, -0.2) is 14.8 Å². The molecule has 0 saturated carbocycles. The van der Waals surface area contributed by atoms with Gasteiger partial charge in [0.2, 0.25) is 0 Å². The van der Waals surface area contributed by atoms with Gasteiger partial charge in [-0.2, -0.15) is 5.10 Å². The highest BCUT2D eigenvalue weighted by molar-refractivity contribution is 5.34. The quantitative estimate of drug-likeness (QED) is 0.863. The summed E-state index contributed by atoms with van der Waals surface area (Å²) in [5.74, 6) is -0.127. The van der Waals surface area contributed by atoms with Gasteiger partial charge in [0.1, 0.15) is 5.82 Å². The average molecular weight is 250 g/mol. The molecule has 1 unspecified atom stereocenters. The number of aromatic amines is 1. The summed E-state index contributed by atoms with van der Waals surface area (Å²) in [4.78, 5) is 11.7. The van der Waals surface area contributed by atoms with E-state index < -0.39 is 17.5 Å². The second kappa shape index (κ2) is 5.14. The van der Waals surface area contributed by atoms with Gasteiger partial charge in [0.15, 0.2) is 5.82 Å². The highest BCUT2D eigenvalue weighted by atomic mass is 19.1. The van der Waals surface area contributed by atoms with Crippen molar-refractivity contribution in [3.05, 3.63) is 46.4 Å². The van der Waals surface area contributed by atoms with Gasteiger partial charge in [-0.25, -0.2) is 18.9 Å². The van der Waals surface area contributed by atoms with Gasteiger partial charge < -0.3 is 5.73 Å². The minimum Gasteiger partial charge on any atom is -0.321 e. The molecular weight excluding hydrogens is 235 g/mol. The van der Waals surface area contributed by atoms with Gasteiger partial charge in [-0.15, -0.1) is 0 Å². The van der Waals surface area contributed by atoms with Crippen molar-refractivity contribution in [3.63, 3.8) is 0 Å². The number of H-pyrrole nitrogens is 1. The fraction of sp³-hybridized carbons (Fsp3) is 0.333. The lowest BCUT2D eigenvalue weighted by molar-refractivity contribution is 0.574. The van der Waals surface area contributed by atoms with E-state index in [0.717, 1.165) is 6.42 Å². The molecule has 0 amide bonds. The zero-order valence-electron chi connectivity index (χ0n) is 10.1. The third kappa shape index (κ3) is 2.19. The van der Waals surface area contributed by atoms with Crippen molar-refractivity contribution in [1.82, 2.24) is 14.8 Å². The molecule has 1 heterocycles. The molecule has 1 aromatic heterocycles. The van der Waals surface area contributed by atoms with Crippen molar-refractivity contribution in [1.29, 1.82) is 0 Å². The molecule has 2 aromatic rings. The Kier molecular flexibility index (Phi) is 3.57. The first kappa shape index (κ1) is 12.5. The Bertz CT molecular complexity index is 590. The highest BCUT2D eigenvalue weighted by Crippen LogP contribution is 2.17. The van der Waals surface area contributed by atoms with Crippen molar-refractivity contribution in [3.8, 4) is 5.69 Å². The molecule has 3 N–H and O–H groups in total. The van der Waals surface area contributed by atoms with Crippen molar-refractivity contribution < 1.29 is 4.39 Å². The highest BCUT2D eigenvalue weighted by Gasteiger charge is 2.18. The van der Waals surface area contributed by atoms with Crippen LogP contribution in [0.1, 0.15) is 31.6 Å². The number of aromatic nitrogens is 3. The Morgan fingerprint density at radius 1 is 1.50 bits per heavy atom. The van der Waals surface area contributed by atoms with E-state index in [0.29, 0.717) is 12.2 Å². The van der Waals surface area contributed by atoms with Gasteiger partial charge in [0, 0.05) is 0 Å². The normalized spacial score (nSPS) is 12.6. The number of nitrogens with zero attached hydrogens (tertiary/aromatic N) is 2. The molecule has 0 bridgehead atoms. The number of benzene rings is 1. The maximum absolute atomic E-state index is 13.7. The van der Waals surface area contributed by atoms with E-state index in [1.54, 1.807) is 12.1 Å². The maximum atomic E-state index is 13.7. The maximum Gasteiger partial charge on any atom is 0.348 e. The Labute approximate surface area is 103 Å². The molecule has 0 radical (unpaired) electrons. The summed E-state index contributed by atoms with van der Waals surface area (Å²) in [5.41, 5.74) is 5.62. The van der Waals surface area contributed by atoms with E-state index in [1.165, 1.54) is 16.7 Å². The molecule has 0 aliphatic heterocycles. The standard InChI is InChI=1S/C12H15FN4O/c1-2-5-9(14)11-15-16-12(18)17(11)10-7-4-3-6-8(10)13/h3-4,6-7,9H,2,5,14H2,1H3,(H,16,18). The lowest BCUT2D eigenvalue weighted by Gasteiger charge is -2.11. The van der Waals surface area contributed by atoms with Crippen LogP contribution in [0.4, 0.5) is 4.39 Å². The molecule has 18 heavy (non-hydrogen) atoms. The van der Waals surface area contributed by atoms with Crippen LogP contribution in [0.3, 0.4) is 0 Å². The fourth-order valence-corrected chi connectivity index (χ4v) is 1.86. The second-order valence-corrected chi connectivity index (χ2v) is 4.07. The molecule has 0 aliphatic rings. The fourth-order valence-electron chi connectivity index (χ4n) is 1.86. The van der Waals surface area contributed by atoms with Crippen LogP contribution in [0.25, 0.3) is 5.69 Å². The van der Waals surface area contributed by atoms with Gasteiger partial charge in [0.05, 0.1) is 11.7 Å². The van der Waals surface area contributed by atoms with E-state index in [1.807, 2.05) is 6.92 Å². The van der Waals surface area contributed by atoms with E-state index in [4.69, 9.17) is 5.73 Å². The number of hydrogen-bond acceptors (Lipinski definition) is 3. The third-order valence-corrected chi connectivity index (χ3v) is 2.72. The summed E-state index contributed by atoms with van der Waals surface area (Å²) in [5, 5.41) is 6.20. The van der Waals surface area contributed by atoms with Crippen LogP contribution in [0.5, 0.6) is 0 Å². The number of nitrogens with two attached hydrogens (primary N) is 1. The van der Waals surface area contributed by atoms with E-state index in [2.05, 4.69) is 10.2 Å². The average Bonchev–Trinajstić information content (AvgIpc) is 2.72. The van der Waals surface area contributed by atoms with Gasteiger partial charge in [-0.1, -0.05) is 25.5 Å². The predicted octanol–water partition coefficient (Wildman–Crippen LogP) is 1.50. The van der Waals surface area contributed by atoms with Gasteiger partial charge in [-0.3, -0.25) is 0 Å². The van der Waals surface area contributed by atoms with Crippen LogP contribution in [0.15, 0.2) is 29.1 Å². The van der Waals surface area contributed by atoms with E-state index in [9.17, 15) is 9.18 Å². The molecule has 96 valence electrons. The molecule has 2 rings (SSSR count). The van der Waals surface area contributed by atoms with Crippen LogP contribution >= 0.6 is 0 Å². The van der Waals surface area contributed by atoms with Gasteiger partial charge >= 0.3 is 5.69 Å².